The van der Waals surface area contributed by atoms with Gasteiger partial charge in [-0.3, -0.25) is 14.4 Å². The van der Waals surface area contributed by atoms with E-state index in [4.69, 9.17) is 0 Å². The summed E-state index contributed by atoms with van der Waals surface area (Å²) in [7, 11) is 0. The summed E-state index contributed by atoms with van der Waals surface area (Å²) in [4.78, 5) is 40.9. The van der Waals surface area contributed by atoms with Gasteiger partial charge >= 0.3 is 5.97 Å². The van der Waals surface area contributed by atoms with E-state index in [0.29, 0.717) is 26.1 Å². The topological polar surface area (TPSA) is 77.9 Å². The second-order valence-corrected chi connectivity index (χ2v) is 8.20. The van der Waals surface area contributed by atoms with E-state index in [1.807, 2.05) is 18.7 Å². The predicted octanol–water partition coefficient (Wildman–Crippen LogP) is 1.98. The van der Waals surface area contributed by atoms with E-state index >= 15 is 0 Å². The van der Waals surface area contributed by atoms with Crippen LogP contribution in [0.5, 0.6) is 0 Å². The van der Waals surface area contributed by atoms with Crippen molar-refractivity contribution in [1.29, 1.82) is 0 Å². The molecule has 0 aromatic heterocycles. The fraction of sp³-hybridized carbons (Fsp3) is 0.842. The Bertz CT molecular complexity index is 564. The number of nitrogens with zero attached hydrogens (tertiary/aromatic N) is 2. The van der Waals surface area contributed by atoms with Crippen LogP contribution in [0.3, 0.4) is 0 Å². The lowest BCUT2D eigenvalue weighted by atomic mass is 9.81. The number of carbonyl (C=O) groups is 3. The fourth-order valence-electron chi connectivity index (χ4n) is 4.93. The maximum Gasteiger partial charge on any atom is 0.311 e. The summed E-state index contributed by atoms with van der Waals surface area (Å²) in [6.45, 7) is 6.08. The van der Waals surface area contributed by atoms with E-state index in [2.05, 4.69) is 0 Å². The molecular formula is C19H30N2O4. The Labute approximate surface area is 149 Å². The van der Waals surface area contributed by atoms with Gasteiger partial charge in [0.15, 0.2) is 0 Å². The third kappa shape index (κ3) is 3.15. The highest BCUT2D eigenvalue weighted by Gasteiger charge is 2.56. The van der Waals surface area contributed by atoms with Gasteiger partial charge in [-0.15, -0.1) is 0 Å². The molecule has 2 amide bonds. The van der Waals surface area contributed by atoms with Crippen LogP contribution in [0.4, 0.5) is 0 Å². The molecule has 3 aliphatic rings. The van der Waals surface area contributed by atoms with Crippen molar-refractivity contribution in [3.8, 4) is 0 Å². The van der Waals surface area contributed by atoms with E-state index in [0.717, 1.165) is 38.6 Å². The summed E-state index contributed by atoms with van der Waals surface area (Å²) in [6.07, 6.45) is 4.98. The van der Waals surface area contributed by atoms with E-state index in [1.54, 1.807) is 4.90 Å². The van der Waals surface area contributed by atoms with Crippen molar-refractivity contribution in [2.45, 2.75) is 52.4 Å². The number of fused-ring (bicyclic) bond motifs is 1. The molecule has 3 fully saturated rings. The summed E-state index contributed by atoms with van der Waals surface area (Å²) < 4.78 is 0. The average Bonchev–Trinajstić information content (AvgIpc) is 3.18. The first kappa shape index (κ1) is 18.2. The normalized spacial score (nSPS) is 33.2. The lowest BCUT2D eigenvalue weighted by molar-refractivity contribution is -0.149. The zero-order chi connectivity index (χ0) is 18.2. The van der Waals surface area contributed by atoms with Crippen LogP contribution < -0.4 is 0 Å². The van der Waals surface area contributed by atoms with Gasteiger partial charge in [-0.05, 0) is 38.0 Å². The van der Waals surface area contributed by atoms with Crippen LogP contribution in [-0.2, 0) is 14.4 Å². The molecule has 2 unspecified atom stereocenters. The Morgan fingerprint density at radius 1 is 1.16 bits per heavy atom. The van der Waals surface area contributed by atoms with Gasteiger partial charge < -0.3 is 14.9 Å². The number of likely N-dealkylation sites (tertiary alicyclic amines) is 2. The van der Waals surface area contributed by atoms with Gasteiger partial charge in [-0.1, -0.05) is 20.3 Å². The Hall–Kier alpha value is -1.59. The van der Waals surface area contributed by atoms with Gasteiger partial charge in [0.1, 0.15) is 0 Å². The van der Waals surface area contributed by atoms with E-state index in [-0.39, 0.29) is 29.6 Å². The molecule has 140 valence electrons. The lowest BCUT2D eigenvalue weighted by Crippen LogP contribution is -2.48. The van der Waals surface area contributed by atoms with Gasteiger partial charge in [0.05, 0.1) is 11.3 Å². The maximum atomic E-state index is 13.0. The number of carboxylic acid groups (broad SMARTS) is 1. The van der Waals surface area contributed by atoms with Crippen LogP contribution in [0.25, 0.3) is 0 Å². The second-order valence-electron chi connectivity index (χ2n) is 8.20. The molecular weight excluding hydrogens is 320 g/mol. The molecule has 6 heteroatoms. The van der Waals surface area contributed by atoms with Crippen molar-refractivity contribution >= 4 is 17.8 Å². The Morgan fingerprint density at radius 2 is 1.92 bits per heavy atom. The van der Waals surface area contributed by atoms with E-state index in [9.17, 15) is 19.5 Å². The number of carbonyl (C=O) groups excluding carboxylic acids is 2. The van der Waals surface area contributed by atoms with Crippen molar-refractivity contribution in [3.05, 3.63) is 0 Å². The Balaban J connectivity index is 1.65. The third-order valence-corrected chi connectivity index (χ3v) is 6.72. The molecule has 1 saturated carbocycles. The van der Waals surface area contributed by atoms with Gasteiger partial charge in [-0.2, -0.15) is 0 Å². The molecule has 1 aliphatic carbocycles. The quantitative estimate of drug-likeness (QED) is 0.841. The highest BCUT2D eigenvalue weighted by molar-refractivity contribution is 5.84. The summed E-state index contributed by atoms with van der Waals surface area (Å²) in [5.74, 6) is -0.642. The van der Waals surface area contributed by atoms with Gasteiger partial charge in [0.25, 0.3) is 0 Å². The fourth-order valence-corrected chi connectivity index (χ4v) is 4.93. The van der Waals surface area contributed by atoms with Crippen LogP contribution >= 0.6 is 0 Å². The highest BCUT2D eigenvalue weighted by atomic mass is 16.4. The minimum atomic E-state index is -0.748. The van der Waals surface area contributed by atoms with Crippen LogP contribution in [0.15, 0.2) is 0 Å². The summed E-state index contributed by atoms with van der Waals surface area (Å²) in [6, 6.07) is 0. The van der Waals surface area contributed by atoms with Gasteiger partial charge in [0.2, 0.25) is 11.8 Å². The minimum Gasteiger partial charge on any atom is -0.481 e. The lowest BCUT2D eigenvalue weighted by Gasteiger charge is -2.35. The summed E-state index contributed by atoms with van der Waals surface area (Å²) >= 11 is 0. The molecule has 0 bridgehead atoms. The Morgan fingerprint density at radius 3 is 2.56 bits per heavy atom. The molecule has 3 rings (SSSR count). The minimum absolute atomic E-state index is 0.00437. The average molecular weight is 350 g/mol. The number of carboxylic acids is 1. The van der Waals surface area contributed by atoms with Crippen molar-refractivity contribution in [3.63, 3.8) is 0 Å². The van der Waals surface area contributed by atoms with Gasteiger partial charge in [-0.25, -0.2) is 0 Å². The molecule has 2 aliphatic heterocycles. The SMILES string of the molecule is CCC(C)C(=O)N1CCCC(C(=O)N2C[C@@H]3CCC[C@@]3(C(=O)O)C2)C1. The zero-order valence-electron chi connectivity index (χ0n) is 15.4. The molecule has 2 saturated heterocycles. The number of hydrogen-bond acceptors (Lipinski definition) is 3. The number of piperidine rings is 1. The maximum absolute atomic E-state index is 13.0. The molecule has 2 heterocycles. The van der Waals surface area contributed by atoms with Crippen molar-refractivity contribution in [2.75, 3.05) is 26.2 Å². The zero-order valence-corrected chi connectivity index (χ0v) is 15.4. The molecule has 25 heavy (non-hydrogen) atoms. The first-order valence-electron chi connectivity index (χ1n) is 9.70. The summed E-state index contributed by atoms with van der Waals surface area (Å²) in [5, 5.41) is 9.70. The largest absolute Gasteiger partial charge is 0.481 e. The first-order valence-corrected chi connectivity index (χ1v) is 9.70. The summed E-state index contributed by atoms with van der Waals surface area (Å²) in [5.41, 5.74) is -0.726. The number of rotatable bonds is 4. The molecule has 0 spiro atoms. The number of amides is 2. The second kappa shape index (κ2) is 6.96. The Kier molecular flexibility index (Phi) is 5.07. The van der Waals surface area contributed by atoms with Crippen LogP contribution in [0, 0.1) is 23.2 Å². The number of hydrogen-bond donors (Lipinski definition) is 1. The highest BCUT2D eigenvalue weighted by Crippen LogP contribution is 2.49. The van der Waals surface area contributed by atoms with Gasteiger partial charge in [0, 0.05) is 32.1 Å². The van der Waals surface area contributed by atoms with Crippen molar-refractivity contribution in [2.24, 2.45) is 23.2 Å². The van der Waals surface area contributed by atoms with Crippen LogP contribution in [0.2, 0.25) is 0 Å². The molecule has 4 atom stereocenters. The first-order chi connectivity index (χ1) is 11.9. The van der Waals surface area contributed by atoms with E-state index in [1.165, 1.54) is 0 Å². The van der Waals surface area contributed by atoms with Crippen LogP contribution in [-0.4, -0.2) is 58.9 Å². The monoisotopic (exact) mass is 350 g/mol. The molecule has 0 aromatic rings. The smallest absolute Gasteiger partial charge is 0.311 e. The van der Waals surface area contributed by atoms with Crippen LogP contribution in [0.1, 0.15) is 52.4 Å². The molecule has 1 N–H and O–H groups in total. The van der Waals surface area contributed by atoms with Crippen molar-refractivity contribution < 1.29 is 19.5 Å². The van der Waals surface area contributed by atoms with Crippen molar-refractivity contribution in [1.82, 2.24) is 9.80 Å². The molecule has 6 nitrogen and oxygen atoms in total. The predicted molar refractivity (Wildman–Crippen MR) is 92.7 cm³/mol. The number of aliphatic carboxylic acids is 1. The molecule has 0 radical (unpaired) electrons. The molecule has 0 aromatic carbocycles. The van der Waals surface area contributed by atoms with E-state index < -0.39 is 11.4 Å². The standard InChI is InChI=1S/C19H30N2O4/c1-3-13(2)16(22)20-9-5-6-14(10-20)17(23)21-11-15-7-4-8-19(15,12-21)18(24)25/h13-15H,3-12H2,1-2H3,(H,24,25)/t13?,14?,15-,19+/m0/s1. The third-order valence-electron chi connectivity index (χ3n) is 6.72.